The zero-order valence-electron chi connectivity index (χ0n) is 18.4. The minimum absolute atomic E-state index is 0.179. The Bertz CT molecular complexity index is 1310. The minimum atomic E-state index is -0.506. The summed E-state index contributed by atoms with van der Waals surface area (Å²) in [5.41, 5.74) is 1.74. The van der Waals surface area contributed by atoms with E-state index in [1.807, 2.05) is 54.6 Å². The van der Waals surface area contributed by atoms with Gasteiger partial charge in [-0.1, -0.05) is 42.5 Å². The van der Waals surface area contributed by atoms with Crippen molar-refractivity contribution in [3.63, 3.8) is 0 Å². The van der Waals surface area contributed by atoms with E-state index in [0.29, 0.717) is 15.8 Å². The van der Waals surface area contributed by atoms with E-state index in [4.69, 9.17) is 4.74 Å². The third-order valence-electron chi connectivity index (χ3n) is 5.15. The van der Waals surface area contributed by atoms with Crippen molar-refractivity contribution in [2.75, 3.05) is 7.11 Å². The number of ether oxygens (including phenoxy) is 1. The van der Waals surface area contributed by atoms with Gasteiger partial charge in [-0.25, -0.2) is 0 Å². The molecule has 1 aromatic heterocycles. The van der Waals surface area contributed by atoms with E-state index in [9.17, 15) is 14.9 Å². The Morgan fingerprint density at radius 3 is 2.41 bits per heavy atom. The average molecular weight is 476 g/mol. The molecule has 0 aliphatic carbocycles. The predicted octanol–water partition coefficient (Wildman–Crippen LogP) is 4.40. The Labute approximate surface area is 199 Å². The number of nitrogens with zero attached hydrogens (tertiary/aromatic N) is 4. The summed E-state index contributed by atoms with van der Waals surface area (Å²) in [6.45, 7) is 0. The molecule has 1 heterocycles. The number of carbonyl (C=O) groups is 1. The number of benzene rings is 3. The number of nitrogens with one attached hydrogen (secondary N) is 1. The molecular weight excluding hydrogens is 454 g/mol. The summed E-state index contributed by atoms with van der Waals surface area (Å²) in [5.74, 6) is 0.275. The van der Waals surface area contributed by atoms with E-state index in [1.165, 1.54) is 12.4 Å². The predicted molar refractivity (Wildman–Crippen MR) is 127 cm³/mol. The van der Waals surface area contributed by atoms with E-state index in [0.717, 1.165) is 22.9 Å². The fourth-order valence-corrected chi connectivity index (χ4v) is 4.22. The summed E-state index contributed by atoms with van der Waals surface area (Å²) in [6.07, 6.45) is 1.51. The molecule has 0 saturated heterocycles. The summed E-state index contributed by atoms with van der Waals surface area (Å²) in [4.78, 5) is 24.8. The van der Waals surface area contributed by atoms with Gasteiger partial charge < -0.3 is 14.6 Å². The number of amides is 1. The number of methoxy groups -OCH3 is 1. The molecule has 4 aromatic rings. The van der Waals surface area contributed by atoms with Gasteiger partial charge in [-0.15, -0.1) is 10.2 Å². The van der Waals surface area contributed by atoms with Crippen LogP contribution < -0.4 is 10.1 Å². The van der Waals surface area contributed by atoms with Gasteiger partial charge in [0.1, 0.15) is 12.1 Å². The number of hydrogen-bond acceptors (Lipinski definition) is 7. The van der Waals surface area contributed by atoms with Crippen LogP contribution in [-0.2, 0) is 7.05 Å². The molecule has 0 radical (unpaired) electrons. The van der Waals surface area contributed by atoms with Gasteiger partial charge in [0.2, 0.25) is 0 Å². The van der Waals surface area contributed by atoms with E-state index in [1.54, 1.807) is 30.9 Å². The van der Waals surface area contributed by atoms with Crippen LogP contribution in [0.5, 0.6) is 5.75 Å². The lowest BCUT2D eigenvalue weighted by Crippen LogP contribution is -2.29. The van der Waals surface area contributed by atoms with Crippen LogP contribution in [0.15, 0.2) is 89.2 Å². The second-order valence-electron chi connectivity index (χ2n) is 7.36. The Morgan fingerprint density at radius 1 is 1.09 bits per heavy atom. The first-order chi connectivity index (χ1) is 16.5. The zero-order valence-corrected chi connectivity index (χ0v) is 19.2. The first-order valence-electron chi connectivity index (χ1n) is 10.3. The van der Waals surface area contributed by atoms with E-state index in [-0.39, 0.29) is 11.3 Å². The van der Waals surface area contributed by atoms with Crippen molar-refractivity contribution in [1.82, 2.24) is 20.1 Å². The number of nitro groups is 1. The molecule has 0 aliphatic rings. The molecule has 10 heteroatoms. The van der Waals surface area contributed by atoms with E-state index < -0.39 is 16.9 Å². The average Bonchev–Trinajstić information content (AvgIpc) is 3.27. The summed E-state index contributed by atoms with van der Waals surface area (Å²) in [5, 5.41) is 23.0. The molecule has 1 amide bonds. The van der Waals surface area contributed by atoms with Gasteiger partial charge in [-0.3, -0.25) is 14.9 Å². The summed E-state index contributed by atoms with van der Waals surface area (Å²) >= 11 is 1.11. The van der Waals surface area contributed by atoms with E-state index >= 15 is 0 Å². The van der Waals surface area contributed by atoms with Crippen LogP contribution in [0.3, 0.4) is 0 Å². The van der Waals surface area contributed by atoms with Gasteiger partial charge in [0.05, 0.1) is 23.0 Å². The highest BCUT2D eigenvalue weighted by Gasteiger charge is 2.23. The Kier molecular flexibility index (Phi) is 6.88. The quantitative estimate of drug-likeness (QED) is 0.297. The third kappa shape index (κ3) is 5.07. The molecule has 9 nitrogen and oxygen atoms in total. The lowest BCUT2D eigenvalue weighted by atomic mass is 9.98. The SMILES string of the molecule is COc1ccc(C(NC(=O)c2ccc(Sc3nncn3C)c([N+](=O)[O-])c2)c2ccccc2)cc1. The van der Waals surface area contributed by atoms with Gasteiger partial charge >= 0.3 is 0 Å². The van der Waals surface area contributed by atoms with Crippen molar-refractivity contribution in [3.8, 4) is 5.75 Å². The molecule has 1 N–H and O–H groups in total. The van der Waals surface area contributed by atoms with Gasteiger partial charge in [0.15, 0.2) is 5.16 Å². The molecule has 1 atom stereocenters. The maximum Gasteiger partial charge on any atom is 0.284 e. The first kappa shape index (κ1) is 23.0. The molecule has 0 bridgehead atoms. The number of aryl methyl sites for hydroxylation is 1. The molecule has 0 saturated carbocycles. The van der Waals surface area contributed by atoms with Crippen LogP contribution in [0.4, 0.5) is 5.69 Å². The van der Waals surface area contributed by atoms with Crippen molar-refractivity contribution in [2.24, 2.45) is 7.05 Å². The lowest BCUT2D eigenvalue weighted by molar-refractivity contribution is -0.387. The second kappa shape index (κ2) is 10.2. The highest BCUT2D eigenvalue weighted by Crippen LogP contribution is 2.34. The van der Waals surface area contributed by atoms with Gasteiger partial charge in [-0.2, -0.15) is 0 Å². The fourth-order valence-electron chi connectivity index (χ4n) is 3.37. The lowest BCUT2D eigenvalue weighted by Gasteiger charge is -2.20. The van der Waals surface area contributed by atoms with Crippen molar-refractivity contribution < 1.29 is 14.5 Å². The Hall–Kier alpha value is -4.18. The molecule has 0 aliphatic heterocycles. The molecule has 0 fully saturated rings. The van der Waals surface area contributed by atoms with Crippen molar-refractivity contribution in [3.05, 3.63) is 106 Å². The zero-order chi connectivity index (χ0) is 24.1. The topological polar surface area (TPSA) is 112 Å². The first-order valence-corrected chi connectivity index (χ1v) is 11.1. The standard InChI is InChI=1S/C24H21N5O4S/c1-28-15-25-27-24(28)34-21-13-10-18(14-20(21)29(31)32)23(30)26-22(16-6-4-3-5-7-16)17-8-11-19(33-2)12-9-17/h3-15,22H,1-2H3,(H,26,30). The Balaban J connectivity index is 1.63. The number of rotatable bonds is 8. The number of aromatic nitrogens is 3. The van der Waals surface area contributed by atoms with Crippen molar-refractivity contribution >= 4 is 23.4 Å². The molecule has 0 spiro atoms. The highest BCUT2D eigenvalue weighted by atomic mass is 32.2. The van der Waals surface area contributed by atoms with Crippen LogP contribution in [0.1, 0.15) is 27.5 Å². The second-order valence-corrected chi connectivity index (χ2v) is 8.37. The van der Waals surface area contributed by atoms with E-state index in [2.05, 4.69) is 15.5 Å². The highest BCUT2D eigenvalue weighted by molar-refractivity contribution is 7.99. The van der Waals surface area contributed by atoms with Crippen LogP contribution >= 0.6 is 11.8 Å². The maximum atomic E-state index is 13.2. The number of hydrogen-bond donors (Lipinski definition) is 1. The molecule has 3 aromatic carbocycles. The Morgan fingerprint density at radius 2 is 1.79 bits per heavy atom. The third-order valence-corrected chi connectivity index (χ3v) is 6.26. The monoisotopic (exact) mass is 475 g/mol. The van der Waals surface area contributed by atoms with Gasteiger partial charge in [0, 0.05) is 18.7 Å². The van der Waals surface area contributed by atoms with Crippen molar-refractivity contribution in [2.45, 2.75) is 16.1 Å². The maximum absolute atomic E-state index is 13.2. The van der Waals surface area contributed by atoms with Crippen LogP contribution in [-0.4, -0.2) is 32.7 Å². The van der Waals surface area contributed by atoms with Crippen LogP contribution in [0, 0.1) is 10.1 Å². The minimum Gasteiger partial charge on any atom is -0.497 e. The summed E-state index contributed by atoms with van der Waals surface area (Å²) < 4.78 is 6.89. The van der Waals surface area contributed by atoms with Gasteiger partial charge in [0.25, 0.3) is 11.6 Å². The number of nitro benzene ring substituents is 1. The summed E-state index contributed by atoms with van der Waals surface area (Å²) in [6, 6.07) is 20.8. The normalized spacial score (nSPS) is 11.6. The molecule has 4 rings (SSSR count). The van der Waals surface area contributed by atoms with Crippen molar-refractivity contribution in [1.29, 1.82) is 0 Å². The molecular formula is C24H21N5O4S. The smallest absolute Gasteiger partial charge is 0.284 e. The molecule has 172 valence electrons. The largest absolute Gasteiger partial charge is 0.497 e. The fraction of sp³-hybridized carbons (Fsp3) is 0.125. The number of carbonyl (C=O) groups excluding carboxylic acids is 1. The van der Waals surface area contributed by atoms with Crippen LogP contribution in [0.2, 0.25) is 0 Å². The molecule has 34 heavy (non-hydrogen) atoms. The van der Waals surface area contributed by atoms with Crippen LogP contribution in [0.25, 0.3) is 0 Å². The molecule has 1 unspecified atom stereocenters. The summed E-state index contributed by atoms with van der Waals surface area (Å²) in [7, 11) is 3.34. The van der Waals surface area contributed by atoms with Gasteiger partial charge in [-0.05, 0) is 47.2 Å².